The van der Waals surface area contributed by atoms with Gasteiger partial charge in [0.25, 0.3) is 5.91 Å². The van der Waals surface area contributed by atoms with Crippen LogP contribution in [0, 0.1) is 6.92 Å². The molecule has 0 saturated carbocycles. The van der Waals surface area contributed by atoms with E-state index in [0.29, 0.717) is 14.5 Å². The van der Waals surface area contributed by atoms with E-state index in [1.165, 1.54) is 6.07 Å². The van der Waals surface area contributed by atoms with E-state index >= 15 is 0 Å². The Hall–Kier alpha value is -1.95. The molecule has 0 unspecified atom stereocenters. The van der Waals surface area contributed by atoms with Crippen molar-refractivity contribution in [1.82, 2.24) is 14.9 Å². The van der Waals surface area contributed by atoms with Crippen molar-refractivity contribution in [3.8, 4) is 0 Å². The maximum atomic E-state index is 12.8. The largest absolute Gasteiger partial charge is 0.465 e. The van der Waals surface area contributed by atoms with Crippen LogP contribution in [-0.2, 0) is 10.0 Å². The smallest absolute Gasteiger partial charge is 0.407 e. The number of hydrogen-bond acceptors (Lipinski definition) is 4. The number of hydrogen-bond donors (Lipinski definition) is 3. The van der Waals surface area contributed by atoms with Gasteiger partial charge in [-0.05, 0) is 59.6 Å². The van der Waals surface area contributed by atoms with Gasteiger partial charge in [0.2, 0.25) is 10.0 Å². The second-order valence-corrected chi connectivity index (χ2v) is 10.7. The number of halogens is 2. The molecule has 2 amide bonds. The number of nitrogens with zero attached hydrogens (tertiary/aromatic N) is 1. The molecule has 2 aromatic rings. The standard InChI is InChI=1S/C20H21Br2N3O5S/c1-12-3-2-4-13(7-12)19(26)23-10-16-9-15(11-25(16)20(27)28)24-31(29,30)18-8-14(21)5-6-17(18)22/h2-8,15-16,24H,9-11H2,1H3,(H,23,26)(H,27,28)/t15-,16-/m1/s1. The predicted molar refractivity (Wildman–Crippen MR) is 123 cm³/mol. The first-order valence-electron chi connectivity index (χ1n) is 9.38. The van der Waals surface area contributed by atoms with Gasteiger partial charge in [-0.15, -0.1) is 0 Å². The van der Waals surface area contributed by atoms with Crippen LogP contribution in [0.25, 0.3) is 0 Å². The summed E-state index contributed by atoms with van der Waals surface area (Å²) in [5.41, 5.74) is 1.42. The average Bonchev–Trinajstić information content (AvgIpc) is 3.10. The summed E-state index contributed by atoms with van der Waals surface area (Å²) < 4.78 is 29.2. The number of benzene rings is 2. The minimum atomic E-state index is -3.88. The van der Waals surface area contributed by atoms with Crippen molar-refractivity contribution in [3.05, 3.63) is 62.5 Å². The second kappa shape index (κ2) is 9.68. The lowest BCUT2D eigenvalue weighted by molar-refractivity contribution is 0.0934. The zero-order chi connectivity index (χ0) is 22.8. The molecule has 3 N–H and O–H groups in total. The van der Waals surface area contributed by atoms with Crippen molar-refractivity contribution in [2.24, 2.45) is 0 Å². The van der Waals surface area contributed by atoms with Crippen molar-refractivity contribution in [2.75, 3.05) is 13.1 Å². The molecule has 2 atom stereocenters. The molecule has 0 aliphatic carbocycles. The third kappa shape index (κ3) is 5.85. The predicted octanol–water partition coefficient (Wildman–Crippen LogP) is 3.35. The van der Waals surface area contributed by atoms with Gasteiger partial charge in [0.05, 0.1) is 10.9 Å². The second-order valence-electron chi connectivity index (χ2n) is 7.30. The summed E-state index contributed by atoms with van der Waals surface area (Å²) in [7, 11) is -3.88. The Morgan fingerprint density at radius 3 is 2.61 bits per heavy atom. The van der Waals surface area contributed by atoms with Gasteiger partial charge in [-0.2, -0.15) is 0 Å². The Morgan fingerprint density at radius 1 is 1.19 bits per heavy atom. The summed E-state index contributed by atoms with van der Waals surface area (Å²) in [4.78, 5) is 25.3. The molecule has 1 aliphatic rings. The fraction of sp³-hybridized carbons (Fsp3) is 0.300. The Labute approximate surface area is 197 Å². The van der Waals surface area contributed by atoms with Gasteiger partial charge in [0.1, 0.15) is 0 Å². The highest BCUT2D eigenvalue weighted by Crippen LogP contribution is 2.27. The first kappa shape index (κ1) is 23.7. The van der Waals surface area contributed by atoms with E-state index in [1.54, 1.807) is 30.3 Å². The van der Waals surface area contributed by atoms with Crippen LogP contribution in [0.2, 0.25) is 0 Å². The SMILES string of the molecule is Cc1cccc(C(=O)NC[C@H]2C[C@@H](NS(=O)(=O)c3cc(Br)ccc3Br)CN2C(=O)O)c1. The summed E-state index contributed by atoms with van der Waals surface area (Å²) in [6, 6.07) is 10.7. The number of carboxylic acid groups (broad SMARTS) is 1. The monoisotopic (exact) mass is 573 g/mol. The van der Waals surface area contributed by atoms with Crippen molar-refractivity contribution in [1.29, 1.82) is 0 Å². The molecule has 0 bridgehead atoms. The quantitative estimate of drug-likeness (QED) is 0.489. The van der Waals surface area contributed by atoms with Gasteiger partial charge < -0.3 is 15.3 Å². The lowest BCUT2D eigenvalue weighted by Crippen LogP contribution is -2.42. The lowest BCUT2D eigenvalue weighted by atomic mass is 10.1. The molecule has 2 aromatic carbocycles. The zero-order valence-corrected chi connectivity index (χ0v) is 20.5. The normalized spacial score (nSPS) is 18.7. The molecule has 1 aliphatic heterocycles. The number of nitrogens with one attached hydrogen (secondary N) is 2. The number of carbonyl (C=O) groups excluding carboxylic acids is 1. The maximum absolute atomic E-state index is 12.8. The number of sulfonamides is 1. The van der Waals surface area contributed by atoms with Crippen LogP contribution >= 0.6 is 31.9 Å². The number of likely N-dealkylation sites (tertiary alicyclic amines) is 1. The summed E-state index contributed by atoms with van der Waals surface area (Å²) in [5, 5.41) is 12.3. The molecule has 0 aromatic heterocycles. The zero-order valence-electron chi connectivity index (χ0n) is 16.5. The Kier molecular flexibility index (Phi) is 7.40. The van der Waals surface area contributed by atoms with E-state index in [-0.39, 0.29) is 30.3 Å². The van der Waals surface area contributed by atoms with E-state index in [1.807, 2.05) is 13.0 Å². The Balaban J connectivity index is 1.69. The van der Waals surface area contributed by atoms with Crippen molar-refractivity contribution in [2.45, 2.75) is 30.3 Å². The van der Waals surface area contributed by atoms with Gasteiger partial charge in [-0.1, -0.05) is 33.6 Å². The van der Waals surface area contributed by atoms with Gasteiger partial charge >= 0.3 is 6.09 Å². The van der Waals surface area contributed by atoms with Crippen LogP contribution in [0.5, 0.6) is 0 Å². The van der Waals surface area contributed by atoms with E-state index in [2.05, 4.69) is 41.9 Å². The van der Waals surface area contributed by atoms with Crippen molar-refractivity contribution < 1.29 is 23.1 Å². The summed E-state index contributed by atoms with van der Waals surface area (Å²) >= 11 is 6.50. The van der Waals surface area contributed by atoms with Crippen LogP contribution in [0.15, 0.2) is 56.3 Å². The Bertz CT molecular complexity index is 1110. The summed E-state index contributed by atoms with van der Waals surface area (Å²) in [5.74, 6) is -0.309. The minimum absolute atomic E-state index is 0.00876. The van der Waals surface area contributed by atoms with E-state index in [4.69, 9.17) is 0 Å². The molecule has 0 radical (unpaired) electrons. The molecule has 31 heavy (non-hydrogen) atoms. The summed E-state index contributed by atoms with van der Waals surface area (Å²) in [6.45, 7) is 1.95. The number of carbonyl (C=O) groups is 2. The molecule has 1 heterocycles. The minimum Gasteiger partial charge on any atom is -0.465 e. The number of aryl methyl sites for hydroxylation is 1. The molecule has 3 rings (SSSR count). The molecular formula is C20H21Br2N3O5S. The highest BCUT2D eigenvalue weighted by Gasteiger charge is 2.37. The van der Waals surface area contributed by atoms with Gasteiger partial charge in [-0.3, -0.25) is 4.79 Å². The third-order valence-corrected chi connectivity index (χ3v) is 7.95. The molecular weight excluding hydrogens is 554 g/mol. The van der Waals surface area contributed by atoms with Crippen LogP contribution in [0.1, 0.15) is 22.3 Å². The summed E-state index contributed by atoms with van der Waals surface area (Å²) in [6.07, 6.45) is -0.925. The molecule has 1 fully saturated rings. The van der Waals surface area contributed by atoms with Crippen LogP contribution in [0.3, 0.4) is 0 Å². The van der Waals surface area contributed by atoms with E-state index in [9.17, 15) is 23.1 Å². The van der Waals surface area contributed by atoms with Crippen LogP contribution in [-0.4, -0.2) is 55.6 Å². The molecule has 166 valence electrons. The molecule has 0 spiro atoms. The average molecular weight is 575 g/mol. The maximum Gasteiger partial charge on any atom is 0.407 e. The van der Waals surface area contributed by atoms with Crippen molar-refractivity contribution >= 4 is 53.9 Å². The van der Waals surface area contributed by atoms with E-state index in [0.717, 1.165) is 10.5 Å². The van der Waals surface area contributed by atoms with Gasteiger partial charge in [0, 0.05) is 33.6 Å². The van der Waals surface area contributed by atoms with Crippen LogP contribution in [0.4, 0.5) is 4.79 Å². The van der Waals surface area contributed by atoms with Crippen LogP contribution < -0.4 is 10.0 Å². The first-order chi connectivity index (χ1) is 14.6. The topological polar surface area (TPSA) is 116 Å². The fourth-order valence-electron chi connectivity index (χ4n) is 3.49. The fourth-order valence-corrected chi connectivity index (χ4v) is 6.24. The molecule has 1 saturated heterocycles. The Morgan fingerprint density at radius 2 is 1.94 bits per heavy atom. The number of rotatable bonds is 6. The van der Waals surface area contributed by atoms with E-state index < -0.39 is 28.2 Å². The first-order valence-corrected chi connectivity index (χ1v) is 12.5. The molecule has 11 heteroatoms. The van der Waals surface area contributed by atoms with Gasteiger partial charge in [0.15, 0.2) is 0 Å². The highest BCUT2D eigenvalue weighted by atomic mass is 79.9. The molecule has 8 nitrogen and oxygen atoms in total. The van der Waals surface area contributed by atoms with Gasteiger partial charge in [-0.25, -0.2) is 17.9 Å². The lowest BCUT2D eigenvalue weighted by Gasteiger charge is -2.21. The highest BCUT2D eigenvalue weighted by molar-refractivity contribution is 9.11. The van der Waals surface area contributed by atoms with Crippen molar-refractivity contribution in [3.63, 3.8) is 0 Å². The number of amides is 2. The third-order valence-electron chi connectivity index (χ3n) is 4.94.